The van der Waals surface area contributed by atoms with Crippen molar-refractivity contribution < 1.29 is 30.0 Å². The molecule has 220 valence electrons. The standard InChI is InChI=1S/C33H24N2O7S2/c36-33(34-25-14-9-15-26(22-25)41-43(37,38)31-20-7-12-23-10-1-3-16-27(23)31)35-29-18-5-6-19-30(29)42-44(39,40)32-21-8-13-24-11-2-4-17-28(24)32/h1-22H,(H2,34,35,36). The number of para-hydroxylation sites is 2. The van der Waals surface area contributed by atoms with Crippen LogP contribution >= 0.6 is 0 Å². The van der Waals surface area contributed by atoms with Crippen molar-refractivity contribution >= 4 is 59.2 Å². The average molecular weight is 625 g/mol. The maximum absolute atomic E-state index is 13.3. The Morgan fingerprint density at radius 3 is 1.70 bits per heavy atom. The van der Waals surface area contributed by atoms with Crippen LogP contribution in [0, 0.1) is 0 Å². The zero-order chi connectivity index (χ0) is 30.7. The van der Waals surface area contributed by atoms with Gasteiger partial charge in [0.05, 0.1) is 5.69 Å². The first-order valence-electron chi connectivity index (χ1n) is 13.3. The first-order valence-corrected chi connectivity index (χ1v) is 16.1. The molecule has 0 aliphatic rings. The van der Waals surface area contributed by atoms with Gasteiger partial charge in [0.1, 0.15) is 15.5 Å². The maximum atomic E-state index is 13.3. The van der Waals surface area contributed by atoms with Crippen LogP contribution in [0.15, 0.2) is 143 Å². The molecule has 44 heavy (non-hydrogen) atoms. The fourth-order valence-corrected chi connectivity index (χ4v) is 7.03. The lowest BCUT2D eigenvalue weighted by Gasteiger charge is -2.14. The highest BCUT2D eigenvalue weighted by atomic mass is 32.2. The van der Waals surface area contributed by atoms with Crippen LogP contribution in [-0.2, 0) is 20.2 Å². The van der Waals surface area contributed by atoms with E-state index >= 15 is 0 Å². The summed E-state index contributed by atoms with van der Waals surface area (Å²) in [6, 6.07) is 35.1. The number of hydrogen-bond donors (Lipinski definition) is 2. The van der Waals surface area contributed by atoms with Crippen LogP contribution in [-0.4, -0.2) is 22.9 Å². The van der Waals surface area contributed by atoms with Crippen molar-refractivity contribution in [3.63, 3.8) is 0 Å². The lowest BCUT2D eigenvalue weighted by atomic mass is 10.1. The molecule has 6 rings (SSSR count). The third-order valence-corrected chi connectivity index (χ3v) is 9.27. The number of benzene rings is 6. The van der Waals surface area contributed by atoms with Crippen molar-refractivity contribution in [3.8, 4) is 11.5 Å². The largest absolute Gasteiger partial charge is 0.379 e. The molecule has 0 bridgehead atoms. The van der Waals surface area contributed by atoms with Crippen LogP contribution in [0.1, 0.15) is 0 Å². The van der Waals surface area contributed by atoms with Gasteiger partial charge in [-0.25, -0.2) is 4.79 Å². The molecule has 0 radical (unpaired) electrons. The fourth-order valence-electron chi connectivity index (χ4n) is 4.71. The minimum Gasteiger partial charge on any atom is -0.379 e. The van der Waals surface area contributed by atoms with Gasteiger partial charge in [0.25, 0.3) is 0 Å². The van der Waals surface area contributed by atoms with Gasteiger partial charge in [-0.15, -0.1) is 0 Å². The Hall–Kier alpha value is -5.39. The molecule has 2 amide bonds. The number of urea groups is 1. The van der Waals surface area contributed by atoms with Crippen molar-refractivity contribution in [2.24, 2.45) is 0 Å². The van der Waals surface area contributed by atoms with Gasteiger partial charge in [-0.3, -0.25) is 0 Å². The zero-order valence-electron chi connectivity index (χ0n) is 22.9. The predicted octanol–water partition coefficient (Wildman–Crippen LogP) is 7.17. The Balaban J connectivity index is 1.18. The van der Waals surface area contributed by atoms with Gasteiger partial charge < -0.3 is 19.0 Å². The lowest BCUT2D eigenvalue weighted by Crippen LogP contribution is -2.20. The molecule has 6 aromatic carbocycles. The molecule has 6 aromatic rings. The molecule has 2 N–H and O–H groups in total. The van der Waals surface area contributed by atoms with Crippen molar-refractivity contribution in [3.05, 3.63) is 133 Å². The Morgan fingerprint density at radius 1 is 0.523 bits per heavy atom. The third-order valence-electron chi connectivity index (χ3n) is 6.67. The third kappa shape index (κ3) is 6.05. The van der Waals surface area contributed by atoms with Gasteiger partial charge in [0.15, 0.2) is 5.75 Å². The molecule has 0 unspecified atom stereocenters. The lowest BCUT2D eigenvalue weighted by molar-refractivity contribution is 0.262. The number of nitrogens with one attached hydrogen (secondary N) is 2. The highest BCUT2D eigenvalue weighted by Gasteiger charge is 2.22. The minimum absolute atomic E-state index is 0.00915. The van der Waals surface area contributed by atoms with Gasteiger partial charge in [-0.2, -0.15) is 16.8 Å². The number of amides is 2. The summed E-state index contributed by atoms with van der Waals surface area (Å²) >= 11 is 0. The number of rotatable bonds is 8. The van der Waals surface area contributed by atoms with Crippen molar-refractivity contribution in [1.82, 2.24) is 0 Å². The molecule has 0 aliphatic carbocycles. The topological polar surface area (TPSA) is 128 Å². The predicted molar refractivity (Wildman–Crippen MR) is 169 cm³/mol. The molecular weight excluding hydrogens is 601 g/mol. The summed E-state index contributed by atoms with van der Waals surface area (Å²) in [6.07, 6.45) is 0. The molecule has 9 nitrogen and oxygen atoms in total. The molecule has 0 atom stereocenters. The summed E-state index contributed by atoms with van der Waals surface area (Å²) in [7, 11) is -8.46. The quantitative estimate of drug-likeness (QED) is 0.172. The van der Waals surface area contributed by atoms with Crippen LogP contribution in [0.5, 0.6) is 11.5 Å². The van der Waals surface area contributed by atoms with E-state index in [-0.39, 0.29) is 32.7 Å². The molecule has 0 saturated heterocycles. The van der Waals surface area contributed by atoms with E-state index in [1.165, 1.54) is 42.5 Å². The molecule has 0 fully saturated rings. The van der Waals surface area contributed by atoms with E-state index in [2.05, 4.69) is 10.6 Å². The van der Waals surface area contributed by atoms with Crippen LogP contribution < -0.4 is 19.0 Å². The normalized spacial score (nSPS) is 11.6. The molecule has 11 heteroatoms. The second-order valence-corrected chi connectivity index (χ2v) is 12.7. The van der Waals surface area contributed by atoms with E-state index in [4.69, 9.17) is 8.37 Å². The fraction of sp³-hybridized carbons (Fsp3) is 0. The van der Waals surface area contributed by atoms with Gasteiger partial charge in [0, 0.05) is 22.5 Å². The monoisotopic (exact) mass is 624 g/mol. The zero-order valence-corrected chi connectivity index (χ0v) is 24.5. The molecule has 0 saturated carbocycles. The first-order chi connectivity index (χ1) is 21.2. The number of carbonyl (C=O) groups is 1. The minimum atomic E-state index is -4.26. The summed E-state index contributed by atoms with van der Waals surface area (Å²) in [5.41, 5.74) is 0.328. The van der Waals surface area contributed by atoms with Gasteiger partial charge >= 0.3 is 26.3 Å². The second-order valence-electron chi connectivity index (χ2n) is 9.63. The van der Waals surface area contributed by atoms with Crippen molar-refractivity contribution in [2.45, 2.75) is 9.79 Å². The Bertz CT molecular complexity index is 2240. The average Bonchev–Trinajstić information content (AvgIpc) is 3.01. The summed E-state index contributed by atoms with van der Waals surface area (Å²) in [4.78, 5) is 12.9. The van der Waals surface area contributed by atoms with E-state index in [9.17, 15) is 21.6 Å². The molecule has 0 aromatic heterocycles. The van der Waals surface area contributed by atoms with E-state index in [1.54, 1.807) is 78.9 Å². The SMILES string of the molecule is O=C(Nc1cccc(OS(=O)(=O)c2cccc3ccccc23)c1)Nc1ccccc1OS(=O)(=O)c1cccc2ccccc12. The Labute approximate surface area is 253 Å². The van der Waals surface area contributed by atoms with E-state index in [1.807, 2.05) is 12.1 Å². The number of fused-ring (bicyclic) bond motifs is 2. The Kier molecular flexibility index (Phi) is 7.64. The van der Waals surface area contributed by atoms with Gasteiger partial charge in [-0.05, 0) is 47.2 Å². The molecular formula is C33H24N2O7S2. The highest BCUT2D eigenvalue weighted by molar-refractivity contribution is 7.87. The van der Waals surface area contributed by atoms with Crippen LogP contribution in [0.2, 0.25) is 0 Å². The summed E-state index contributed by atoms with van der Waals surface area (Å²) < 4.78 is 63.6. The number of carbonyl (C=O) groups excluding carboxylic acids is 1. The van der Waals surface area contributed by atoms with E-state index in [0.29, 0.717) is 10.8 Å². The number of hydrogen-bond acceptors (Lipinski definition) is 7. The van der Waals surface area contributed by atoms with E-state index in [0.717, 1.165) is 10.8 Å². The molecule has 0 heterocycles. The summed E-state index contributed by atoms with van der Waals surface area (Å²) in [5, 5.41) is 7.69. The maximum Gasteiger partial charge on any atom is 0.339 e. The molecule has 0 spiro atoms. The van der Waals surface area contributed by atoms with Crippen LogP contribution in [0.4, 0.5) is 16.2 Å². The molecule has 0 aliphatic heterocycles. The highest BCUT2D eigenvalue weighted by Crippen LogP contribution is 2.31. The van der Waals surface area contributed by atoms with Gasteiger partial charge in [-0.1, -0.05) is 91.0 Å². The van der Waals surface area contributed by atoms with Crippen LogP contribution in [0.3, 0.4) is 0 Å². The smallest absolute Gasteiger partial charge is 0.339 e. The van der Waals surface area contributed by atoms with Crippen molar-refractivity contribution in [2.75, 3.05) is 10.6 Å². The summed E-state index contributed by atoms with van der Waals surface area (Å²) in [6.45, 7) is 0. The van der Waals surface area contributed by atoms with Gasteiger partial charge in [0.2, 0.25) is 0 Å². The number of anilines is 2. The first kappa shape index (κ1) is 28.7. The van der Waals surface area contributed by atoms with E-state index < -0.39 is 26.3 Å². The van der Waals surface area contributed by atoms with Crippen molar-refractivity contribution in [1.29, 1.82) is 0 Å². The second kappa shape index (κ2) is 11.7. The summed E-state index contributed by atoms with van der Waals surface area (Å²) in [5.74, 6) is -0.102. The Morgan fingerprint density at radius 2 is 1.05 bits per heavy atom. The van der Waals surface area contributed by atoms with Crippen LogP contribution in [0.25, 0.3) is 21.5 Å².